The van der Waals surface area contributed by atoms with Crippen molar-refractivity contribution in [1.29, 1.82) is 0 Å². The molecular formula is C14H18BrNO3. The second-order valence-electron chi connectivity index (χ2n) is 4.68. The van der Waals surface area contributed by atoms with Gasteiger partial charge in [0, 0.05) is 22.5 Å². The Hall–Kier alpha value is -1.07. The maximum Gasteiger partial charge on any atom is 0.303 e. The lowest BCUT2D eigenvalue weighted by atomic mass is 10.0. The summed E-state index contributed by atoms with van der Waals surface area (Å²) in [6.07, 6.45) is 2.88. The van der Waals surface area contributed by atoms with E-state index in [-0.39, 0.29) is 12.5 Å². The average Bonchev–Trinajstić information content (AvgIpc) is 2.56. The van der Waals surface area contributed by atoms with Gasteiger partial charge in [-0.05, 0) is 37.9 Å². The maximum absolute atomic E-state index is 10.5. The molecule has 1 unspecified atom stereocenters. The van der Waals surface area contributed by atoms with Crippen LogP contribution in [-0.4, -0.2) is 24.2 Å². The van der Waals surface area contributed by atoms with Gasteiger partial charge >= 0.3 is 5.97 Å². The summed E-state index contributed by atoms with van der Waals surface area (Å²) in [5.41, 5.74) is 1.16. The van der Waals surface area contributed by atoms with Crippen molar-refractivity contribution in [2.45, 2.75) is 31.7 Å². The van der Waals surface area contributed by atoms with Gasteiger partial charge in [-0.15, -0.1) is 0 Å². The van der Waals surface area contributed by atoms with E-state index in [1.165, 1.54) is 0 Å². The number of carboxylic acid groups (broad SMARTS) is 1. The number of nitrogens with one attached hydrogen (secondary N) is 1. The number of benzene rings is 1. The third kappa shape index (κ3) is 4.21. The molecule has 0 radical (unpaired) electrons. The Morgan fingerprint density at radius 3 is 3.16 bits per heavy atom. The molecule has 104 valence electrons. The summed E-state index contributed by atoms with van der Waals surface area (Å²) in [4.78, 5) is 10.5. The lowest BCUT2D eigenvalue weighted by molar-refractivity contribution is -0.137. The molecule has 1 atom stereocenters. The predicted molar refractivity (Wildman–Crippen MR) is 76.5 cm³/mol. The number of ether oxygens (including phenoxy) is 1. The van der Waals surface area contributed by atoms with Gasteiger partial charge in [0.25, 0.3) is 0 Å². The fraction of sp³-hybridized carbons (Fsp3) is 0.500. The summed E-state index contributed by atoms with van der Waals surface area (Å²) in [6.45, 7) is 1.45. The van der Waals surface area contributed by atoms with Crippen molar-refractivity contribution < 1.29 is 14.6 Å². The zero-order chi connectivity index (χ0) is 13.7. The minimum absolute atomic E-state index is 0.212. The Morgan fingerprint density at radius 1 is 1.53 bits per heavy atom. The summed E-state index contributed by atoms with van der Waals surface area (Å²) in [5.74, 6) is 0.179. The second kappa shape index (κ2) is 6.91. The highest BCUT2D eigenvalue weighted by atomic mass is 79.9. The summed E-state index contributed by atoms with van der Waals surface area (Å²) in [5, 5.41) is 12.1. The summed E-state index contributed by atoms with van der Waals surface area (Å²) in [7, 11) is 0. The molecule has 0 saturated heterocycles. The van der Waals surface area contributed by atoms with Crippen LogP contribution in [0.25, 0.3) is 0 Å². The van der Waals surface area contributed by atoms with Gasteiger partial charge in [-0.1, -0.05) is 22.0 Å². The van der Waals surface area contributed by atoms with Crippen LogP contribution in [0, 0.1) is 0 Å². The average molecular weight is 328 g/mol. The highest BCUT2D eigenvalue weighted by Crippen LogP contribution is 2.33. The first-order valence-corrected chi connectivity index (χ1v) is 7.33. The van der Waals surface area contributed by atoms with E-state index in [0.29, 0.717) is 13.0 Å². The zero-order valence-corrected chi connectivity index (χ0v) is 12.3. The third-order valence-corrected chi connectivity index (χ3v) is 3.70. The van der Waals surface area contributed by atoms with Gasteiger partial charge in [0.05, 0.1) is 6.61 Å². The summed E-state index contributed by atoms with van der Waals surface area (Å²) < 4.78 is 6.75. The van der Waals surface area contributed by atoms with Gasteiger partial charge in [-0.3, -0.25) is 4.79 Å². The first kappa shape index (κ1) is 14.3. The summed E-state index contributed by atoms with van der Waals surface area (Å²) in [6, 6.07) is 6.32. The molecule has 0 aliphatic carbocycles. The van der Waals surface area contributed by atoms with E-state index in [0.717, 1.165) is 35.2 Å². The van der Waals surface area contributed by atoms with Crippen molar-refractivity contribution in [3.63, 3.8) is 0 Å². The molecule has 1 heterocycles. The van der Waals surface area contributed by atoms with Crippen LogP contribution in [0.2, 0.25) is 0 Å². The molecule has 2 N–H and O–H groups in total. The van der Waals surface area contributed by atoms with Crippen LogP contribution in [0.15, 0.2) is 22.7 Å². The molecule has 19 heavy (non-hydrogen) atoms. The van der Waals surface area contributed by atoms with Gasteiger partial charge in [0.2, 0.25) is 0 Å². The van der Waals surface area contributed by atoms with Gasteiger partial charge in [0.1, 0.15) is 5.75 Å². The molecule has 0 spiro atoms. The van der Waals surface area contributed by atoms with Gasteiger partial charge < -0.3 is 15.2 Å². The number of fused-ring (bicyclic) bond motifs is 1. The molecule has 0 bridgehead atoms. The molecule has 1 aromatic carbocycles. The number of hydrogen-bond donors (Lipinski definition) is 2. The summed E-state index contributed by atoms with van der Waals surface area (Å²) >= 11 is 3.45. The van der Waals surface area contributed by atoms with E-state index in [4.69, 9.17) is 9.84 Å². The highest BCUT2D eigenvalue weighted by molar-refractivity contribution is 9.10. The van der Waals surface area contributed by atoms with E-state index in [2.05, 4.69) is 27.3 Å². The van der Waals surface area contributed by atoms with Crippen molar-refractivity contribution in [3.05, 3.63) is 28.2 Å². The number of carboxylic acids is 1. The van der Waals surface area contributed by atoms with E-state index in [1.807, 2.05) is 12.1 Å². The van der Waals surface area contributed by atoms with E-state index < -0.39 is 5.97 Å². The van der Waals surface area contributed by atoms with Crippen LogP contribution < -0.4 is 10.1 Å². The van der Waals surface area contributed by atoms with Crippen molar-refractivity contribution in [2.24, 2.45) is 0 Å². The molecule has 1 aromatic rings. The van der Waals surface area contributed by atoms with E-state index in [9.17, 15) is 4.79 Å². The quantitative estimate of drug-likeness (QED) is 0.816. The molecule has 0 fully saturated rings. The highest BCUT2D eigenvalue weighted by Gasteiger charge is 2.19. The largest absolute Gasteiger partial charge is 0.493 e. The number of rotatable bonds is 5. The van der Waals surface area contributed by atoms with Crippen LogP contribution >= 0.6 is 15.9 Å². The van der Waals surface area contributed by atoms with E-state index >= 15 is 0 Å². The monoisotopic (exact) mass is 327 g/mol. The van der Waals surface area contributed by atoms with Crippen LogP contribution in [0.3, 0.4) is 0 Å². The van der Waals surface area contributed by atoms with Gasteiger partial charge in [-0.2, -0.15) is 0 Å². The minimum Gasteiger partial charge on any atom is -0.493 e. The van der Waals surface area contributed by atoms with E-state index in [1.54, 1.807) is 0 Å². The van der Waals surface area contributed by atoms with Crippen molar-refractivity contribution >= 4 is 21.9 Å². The Kier molecular flexibility index (Phi) is 5.22. The fourth-order valence-corrected chi connectivity index (χ4v) is 2.61. The van der Waals surface area contributed by atoms with Gasteiger partial charge in [-0.25, -0.2) is 0 Å². The van der Waals surface area contributed by atoms with Crippen LogP contribution in [0.1, 0.15) is 37.3 Å². The molecule has 5 heteroatoms. The number of carbonyl (C=O) groups is 1. The molecule has 0 aromatic heterocycles. The molecular weight excluding hydrogens is 310 g/mol. The molecule has 0 saturated carbocycles. The smallest absolute Gasteiger partial charge is 0.303 e. The number of hydrogen-bond acceptors (Lipinski definition) is 3. The SMILES string of the molecule is O=C(O)CCCNC1CCCOc2cc(Br)ccc21. The molecule has 0 amide bonds. The van der Waals surface area contributed by atoms with Crippen LogP contribution in [0.5, 0.6) is 5.75 Å². The standard InChI is InChI=1S/C14H18BrNO3/c15-10-5-6-11-12(16-7-1-4-14(17)18)3-2-8-19-13(11)9-10/h5-6,9,12,16H,1-4,7-8H2,(H,17,18). The number of halogens is 1. The molecule has 2 rings (SSSR count). The Labute approximate surface area is 121 Å². The molecule has 1 aliphatic heterocycles. The topological polar surface area (TPSA) is 58.6 Å². The lowest BCUT2D eigenvalue weighted by Gasteiger charge is -2.18. The fourth-order valence-electron chi connectivity index (χ4n) is 2.27. The Balaban J connectivity index is 1.99. The second-order valence-corrected chi connectivity index (χ2v) is 5.59. The molecule has 4 nitrogen and oxygen atoms in total. The van der Waals surface area contributed by atoms with Crippen molar-refractivity contribution in [1.82, 2.24) is 5.32 Å². The maximum atomic E-state index is 10.5. The van der Waals surface area contributed by atoms with Crippen molar-refractivity contribution in [2.75, 3.05) is 13.2 Å². The zero-order valence-electron chi connectivity index (χ0n) is 10.7. The Bertz CT molecular complexity index is 450. The molecule has 1 aliphatic rings. The van der Waals surface area contributed by atoms with Crippen molar-refractivity contribution in [3.8, 4) is 5.75 Å². The minimum atomic E-state index is -0.740. The normalized spacial score (nSPS) is 18.3. The van der Waals surface area contributed by atoms with Crippen LogP contribution in [0.4, 0.5) is 0 Å². The Morgan fingerprint density at radius 2 is 2.37 bits per heavy atom. The van der Waals surface area contributed by atoms with Gasteiger partial charge in [0.15, 0.2) is 0 Å². The lowest BCUT2D eigenvalue weighted by Crippen LogP contribution is -2.22. The first-order valence-electron chi connectivity index (χ1n) is 6.54. The number of aliphatic carboxylic acids is 1. The van der Waals surface area contributed by atoms with Crippen LogP contribution in [-0.2, 0) is 4.79 Å². The first-order chi connectivity index (χ1) is 9.16. The third-order valence-electron chi connectivity index (χ3n) is 3.20. The predicted octanol–water partition coefficient (Wildman–Crippen LogP) is 3.12.